The number of ether oxygens (including phenoxy) is 1. The van der Waals surface area contributed by atoms with E-state index in [2.05, 4.69) is 4.74 Å². The maximum Gasteiger partial charge on any atom is 0.420 e. The van der Waals surface area contributed by atoms with Crippen LogP contribution in [0, 0.1) is 0 Å². The van der Waals surface area contributed by atoms with Gasteiger partial charge in [-0.05, 0) is 19.1 Å². The lowest BCUT2D eigenvalue weighted by atomic mass is 10.1. The highest BCUT2D eigenvalue weighted by atomic mass is 35.5. The SMILES string of the molecule is COc1c(Cl)cc(C(C)=O)cc1C(F)(F)F. The number of ketones is 1. The first kappa shape index (κ1) is 12.8. The molecule has 16 heavy (non-hydrogen) atoms. The van der Waals surface area contributed by atoms with Crippen LogP contribution in [-0.4, -0.2) is 12.9 Å². The fourth-order valence-corrected chi connectivity index (χ4v) is 1.51. The lowest BCUT2D eigenvalue weighted by molar-refractivity contribution is -0.138. The first-order chi connectivity index (χ1) is 7.27. The number of hydrogen-bond acceptors (Lipinski definition) is 2. The van der Waals surface area contributed by atoms with Gasteiger partial charge in [0.05, 0.1) is 17.7 Å². The fraction of sp³-hybridized carbons (Fsp3) is 0.300. The average Bonchev–Trinajstić information content (AvgIpc) is 2.14. The Labute approximate surface area is 95.0 Å². The molecule has 0 radical (unpaired) electrons. The second-order valence-corrected chi connectivity index (χ2v) is 3.50. The Balaban J connectivity index is 3.49. The summed E-state index contributed by atoms with van der Waals surface area (Å²) in [5.41, 5.74) is -1.15. The Morgan fingerprint density at radius 3 is 2.31 bits per heavy atom. The van der Waals surface area contributed by atoms with Gasteiger partial charge in [-0.1, -0.05) is 11.6 Å². The zero-order valence-corrected chi connectivity index (χ0v) is 9.24. The van der Waals surface area contributed by atoms with Crippen molar-refractivity contribution in [1.29, 1.82) is 0 Å². The summed E-state index contributed by atoms with van der Waals surface area (Å²) in [5.74, 6) is -0.964. The maximum atomic E-state index is 12.6. The zero-order valence-electron chi connectivity index (χ0n) is 8.48. The van der Waals surface area contributed by atoms with Crippen LogP contribution in [0.4, 0.5) is 13.2 Å². The third-order valence-corrected chi connectivity index (χ3v) is 2.24. The Hall–Kier alpha value is -1.23. The molecule has 0 spiro atoms. The average molecular weight is 253 g/mol. The molecule has 0 atom stereocenters. The summed E-state index contributed by atoms with van der Waals surface area (Å²) in [6, 6.07) is 1.88. The van der Waals surface area contributed by atoms with E-state index < -0.39 is 23.3 Å². The smallest absolute Gasteiger partial charge is 0.420 e. The molecule has 88 valence electrons. The van der Waals surface area contributed by atoms with E-state index in [1.54, 1.807) is 0 Å². The van der Waals surface area contributed by atoms with Crippen LogP contribution < -0.4 is 4.74 Å². The molecule has 1 aromatic rings. The van der Waals surface area contributed by atoms with Crippen molar-refractivity contribution in [3.05, 3.63) is 28.3 Å². The van der Waals surface area contributed by atoms with E-state index in [4.69, 9.17) is 11.6 Å². The van der Waals surface area contributed by atoms with E-state index >= 15 is 0 Å². The van der Waals surface area contributed by atoms with E-state index in [1.165, 1.54) is 0 Å². The topological polar surface area (TPSA) is 26.3 Å². The Morgan fingerprint density at radius 1 is 1.38 bits per heavy atom. The summed E-state index contributed by atoms with van der Waals surface area (Å²) in [6.45, 7) is 1.16. The number of halogens is 4. The Bertz CT molecular complexity index is 427. The predicted molar refractivity (Wildman–Crippen MR) is 53.0 cm³/mol. The van der Waals surface area contributed by atoms with Gasteiger partial charge < -0.3 is 4.74 Å². The molecule has 0 N–H and O–H groups in total. The summed E-state index contributed by atoms with van der Waals surface area (Å²) in [4.78, 5) is 11.0. The first-order valence-corrected chi connectivity index (χ1v) is 4.61. The van der Waals surface area contributed by atoms with Crippen molar-refractivity contribution in [2.45, 2.75) is 13.1 Å². The van der Waals surface area contributed by atoms with Crippen molar-refractivity contribution in [2.24, 2.45) is 0 Å². The molecular weight excluding hydrogens is 245 g/mol. The number of methoxy groups -OCH3 is 1. The minimum Gasteiger partial charge on any atom is -0.495 e. The fourth-order valence-electron chi connectivity index (χ4n) is 1.21. The summed E-state index contributed by atoms with van der Waals surface area (Å²) < 4.78 is 42.4. The van der Waals surface area contributed by atoms with E-state index in [-0.39, 0.29) is 10.6 Å². The molecule has 0 heterocycles. The quantitative estimate of drug-likeness (QED) is 0.752. The zero-order chi connectivity index (χ0) is 12.5. The molecule has 2 nitrogen and oxygen atoms in total. The monoisotopic (exact) mass is 252 g/mol. The summed E-state index contributed by atoms with van der Waals surface area (Å²) in [6.07, 6.45) is -4.61. The molecule has 1 aromatic carbocycles. The molecule has 0 amide bonds. The highest BCUT2D eigenvalue weighted by Gasteiger charge is 2.36. The number of alkyl halides is 3. The molecule has 0 fully saturated rings. The normalized spacial score (nSPS) is 11.4. The molecule has 0 unspecified atom stereocenters. The minimum atomic E-state index is -4.61. The predicted octanol–water partition coefficient (Wildman–Crippen LogP) is 3.57. The Morgan fingerprint density at radius 2 is 1.94 bits per heavy atom. The molecule has 0 saturated carbocycles. The van der Waals surface area contributed by atoms with Crippen LogP contribution in [0.5, 0.6) is 5.75 Å². The molecule has 0 aromatic heterocycles. The van der Waals surface area contributed by atoms with Gasteiger partial charge in [-0.25, -0.2) is 0 Å². The third kappa shape index (κ3) is 2.47. The molecule has 0 aliphatic carbocycles. The van der Waals surface area contributed by atoms with Crippen molar-refractivity contribution in [1.82, 2.24) is 0 Å². The highest BCUT2D eigenvalue weighted by molar-refractivity contribution is 6.32. The first-order valence-electron chi connectivity index (χ1n) is 4.23. The number of carbonyl (C=O) groups excluding carboxylic acids is 1. The van der Waals surface area contributed by atoms with Crippen molar-refractivity contribution >= 4 is 17.4 Å². The van der Waals surface area contributed by atoms with Gasteiger partial charge in [-0.15, -0.1) is 0 Å². The second kappa shape index (κ2) is 4.33. The van der Waals surface area contributed by atoms with Gasteiger partial charge in [-0.3, -0.25) is 4.79 Å². The van der Waals surface area contributed by atoms with Crippen LogP contribution in [0.15, 0.2) is 12.1 Å². The lowest BCUT2D eigenvalue weighted by Crippen LogP contribution is -2.09. The summed E-state index contributed by atoms with van der Waals surface area (Å²) in [5, 5.41) is -0.234. The van der Waals surface area contributed by atoms with Crippen molar-refractivity contribution in [2.75, 3.05) is 7.11 Å². The van der Waals surface area contributed by atoms with Crippen molar-refractivity contribution < 1.29 is 22.7 Å². The van der Waals surface area contributed by atoms with Gasteiger partial charge in [0.15, 0.2) is 5.78 Å². The minimum absolute atomic E-state index is 0.0990. The standard InChI is InChI=1S/C10H8ClF3O2/c1-5(15)6-3-7(10(12,13)14)9(16-2)8(11)4-6/h3-4H,1-2H3. The molecule has 6 heteroatoms. The van der Waals surface area contributed by atoms with Crippen molar-refractivity contribution in [3.63, 3.8) is 0 Å². The highest BCUT2D eigenvalue weighted by Crippen LogP contribution is 2.40. The van der Waals surface area contributed by atoms with Crippen molar-refractivity contribution in [3.8, 4) is 5.75 Å². The number of Topliss-reactive ketones (excluding diaryl/α,β-unsaturated/α-hetero) is 1. The van der Waals surface area contributed by atoms with Gasteiger partial charge >= 0.3 is 6.18 Å². The molecule has 0 bridgehead atoms. The third-order valence-electron chi connectivity index (χ3n) is 1.96. The van der Waals surface area contributed by atoms with Gasteiger partial charge in [-0.2, -0.15) is 13.2 Å². The van der Waals surface area contributed by atoms with Gasteiger partial charge in [0.1, 0.15) is 5.75 Å². The number of rotatable bonds is 2. The maximum absolute atomic E-state index is 12.6. The van der Waals surface area contributed by atoms with Gasteiger partial charge in [0.25, 0.3) is 0 Å². The molecule has 1 rings (SSSR count). The second-order valence-electron chi connectivity index (χ2n) is 3.09. The molecular formula is C10H8ClF3O2. The number of hydrogen-bond donors (Lipinski definition) is 0. The van der Waals surface area contributed by atoms with Crippen LogP contribution in [0.25, 0.3) is 0 Å². The largest absolute Gasteiger partial charge is 0.495 e. The molecule has 0 saturated heterocycles. The van der Waals surface area contributed by atoms with E-state index in [0.29, 0.717) is 0 Å². The van der Waals surface area contributed by atoms with Crippen LogP contribution in [0.1, 0.15) is 22.8 Å². The van der Waals surface area contributed by atoms with Crippen LogP contribution in [0.3, 0.4) is 0 Å². The summed E-state index contributed by atoms with van der Waals surface area (Å²) >= 11 is 5.61. The number of benzene rings is 1. The van der Waals surface area contributed by atoms with Crippen LogP contribution >= 0.6 is 11.6 Å². The lowest BCUT2D eigenvalue weighted by Gasteiger charge is -2.14. The summed E-state index contributed by atoms with van der Waals surface area (Å²) in [7, 11) is 1.09. The van der Waals surface area contributed by atoms with E-state index in [9.17, 15) is 18.0 Å². The van der Waals surface area contributed by atoms with Crippen LogP contribution in [0.2, 0.25) is 5.02 Å². The Kier molecular flexibility index (Phi) is 3.48. The van der Waals surface area contributed by atoms with E-state index in [0.717, 1.165) is 26.2 Å². The van der Waals surface area contributed by atoms with Crippen LogP contribution in [-0.2, 0) is 6.18 Å². The van der Waals surface area contributed by atoms with Gasteiger partial charge in [0, 0.05) is 5.56 Å². The molecule has 0 aliphatic heterocycles. The molecule has 0 aliphatic rings. The number of carbonyl (C=O) groups is 1. The van der Waals surface area contributed by atoms with Gasteiger partial charge in [0.2, 0.25) is 0 Å². The van der Waals surface area contributed by atoms with E-state index in [1.807, 2.05) is 0 Å².